The standard InChI is InChI=1S/C20H22F3N3O/c21-20(22,23)19-12-18(13-1-2-13)26(24-19)16-4-3-14-9-17(11-15(14)10-16)25-5-7-27-8-6-25/h3-4,10,12-13,17H,1-2,5-9,11H2/t17-/m1/s1. The molecule has 4 nitrogen and oxygen atoms in total. The molecule has 0 amide bonds. The summed E-state index contributed by atoms with van der Waals surface area (Å²) >= 11 is 0. The lowest BCUT2D eigenvalue weighted by Crippen LogP contribution is -2.43. The van der Waals surface area contributed by atoms with Crippen molar-refractivity contribution in [3.05, 3.63) is 46.8 Å². The van der Waals surface area contributed by atoms with Crippen LogP contribution >= 0.6 is 0 Å². The van der Waals surface area contributed by atoms with E-state index in [4.69, 9.17) is 4.74 Å². The fourth-order valence-corrected chi connectivity index (χ4v) is 4.32. The van der Waals surface area contributed by atoms with Crippen LogP contribution in [-0.4, -0.2) is 47.0 Å². The van der Waals surface area contributed by atoms with Gasteiger partial charge in [-0.25, -0.2) is 4.68 Å². The number of fused-ring (bicyclic) bond motifs is 1. The van der Waals surface area contributed by atoms with Crippen molar-refractivity contribution >= 4 is 0 Å². The average Bonchev–Trinajstić information content (AvgIpc) is 3.24. The number of hydrogen-bond donors (Lipinski definition) is 0. The SMILES string of the molecule is FC(F)(F)c1cc(C2CC2)n(-c2ccc3c(c2)C[C@H](N2CCOCC2)C3)n1. The van der Waals surface area contributed by atoms with Crippen LogP contribution in [0.4, 0.5) is 13.2 Å². The van der Waals surface area contributed by atoms with Crippen LogP contribution in [0.5, 0.6) is 0 Å². The monoisotopic (exact) mass is 377 g/mol. The van der Waals surface area contributed by atoms with Gasteiger partial charge in [-0.15, -0.1) is 0 Å². The number of morpholine rings is 1. The average molecular weight is 377 g/mol. The molecule has 0 radical (unpaired) electrons. The van der Waals surface area contributed by atoms with Crippen LogP contribution in [0.3, 0.4) is 0 Å². The van der Waals surface area contributed by atoms with Crippen LogP contribution in [0.2, 0.25) is 0 Å². The van der Waals surface area contributed by atoms with Crippen molar-refractivity contribution in [1.82, 2.24) is 14.7 Å². The molecule has 2 aliphatic carbocycles. The summed E-state index contributed by atoms with van der Waals surface area (Å²) in [7, 11) is 0. The van der Waals surface area contributed by atoms with Crippen molar-refractivity contribution < 1.29 is 17.9 Å². The Morgan fingerprint density at radius 2 is 1.74 bits per heavy atom. The van der Waals surface area contributed by atoms with Crippen molar-refractivity contribution in [2.24, 2.45) is 0 Å². The summed E-state index contributed by atoms with van der Waals surface area (Å²) in [6.07, 6.45) is -0.597. The Hall–Kier alpha value is -1.86. The first-order valence-corrected chi connectivity index (χ1v) is 9.60. The molecule has 1 aliphatic heterocycles. The Kier molecular flexibility index (Phi) is 4.05. The van der Waals surface area contributed by atoms with Crippen LogP contribution in [0, 0.1) is 0 Å². The molecule has 1 aromatic carbocycles. The second-order valence-corrected chi connectivity index (χ2v) is 7.80. The highest BCUT2D eigenvalue weighted by molar-refractivity contribution is 5.45. The first kappa shape index (κ1) is 17.3. The van der Waals surface area contributed by atoms with Gasteiger partial charge in [-0.2, -0.15) is 18.3 Å². The lowest BCUT2D eigenvalue weighted by Gasteiger charge is -2.32. The van der Waals surface area contributed by atoms with E-state index in [0.717, 1.165) is 57.7 Å². The molecule has 1 aromatic heterocycles. The van der Waals surface area contributed by atoms with E-state index in [9.17, 15) is 13.2 Å². The van der Waals surface area contributed by atoms with Crippen molar-refractivity contribution in [2.75, 3.05) is 26.3 Å². The van der Waals surface area contributed by atoms with Gasteiger partial charge in [-0.05, 0) is 55.0 Å². The Bertz CT molecular complexity index is 851. The van der Waals surface area contributed by atoms with E-state index in [0.29, 0.717) is 11.7 Å². The quantitative estimate of drug-likeness (QED) is 0.819. The molecule has 144 valence electrons. The second-order valence-electron chi connectivity index (χ2n) is 7.80. The maximum atomic E-state index is 13.2. The van der Waals surface area contributed by atoms with Gasteiger partial charge in [-0.1, -0.05) is 6.07 Å². The predicted octanol–water partition coefficient (Wildman–Crippen LogP) is 3.57. The molecule has 1 atom stereocenters. The normalized spacial score (nSPS) is 23.6. The lowest BCUT2D eigenvalue weighted by molar-refractivity contribution is -0.141. The first-order chi connectivity index (χ1) is 13.0. The van der Waals surface area contributed by atoms with Crippen LogP contribution < -0.4 is 0 Å². The van der Waals surface area contributed by atoms with E-state index in [-0.39, 0.29) is 5.92 Å². The van der Waals surface area contributed by atoms with Crippen molar-refractivity contribution in [3.63, 3.8) is 0 Å². The Morgan fingerprint density at radius 3 is 2.44 bits per heavy atom. The van der Waals surface area contributed by atoms with Gasteiger partial charge >= 0.3 is 6.18 Å². The molecule has 0 bridgehead atoms. The number of ether oxygens (including phenoxy) is 1. The van der Waals surface area contributed by atoms with Crippen molar-refractivity contribution in [3.8, 4) is 5.69 Å². The lowest BCUT2D eigenvalue weighted by atomic mass is 10.1. The minimum atomic E-state index is -4.41. The van der Waals surface area contributed by atoms with Gasteiger partial charge in [0.25, 0.3) is 0 Å². The zero-order chi connectivity index (χ0) is 18.6. The van der Waals surface area contributed by atoms with E-state index in [1.54, 1.807) is 0 Å². The van der Waals surface area contributed by atoms with Gasteiger partial charge in [0.2, 0.25) is 0 Å². The van der Waals surface area contributed by atoms with Gasteiger partial charge < -0.3 is 4.74 Å². The molecule has 1 saturated heterocycles. The third-order valence-electron chi connectivity index (χ3n) is 5.93. The zero-order valence-corrected chi connectivity index (χ0v) is 15.0. The Morgan fingerprint density at radius 1 is 1.00 bits per heavy atom. The maximum absolute atomic E-state index is 13.2. The number of benzene rings is 1. The number of nitrogens with zero attached hydrogens (tertiary/aromatic N) is 3. The van der Waals surface area contributed by atoms with Crippen LogP contribution in [0.15, 0.2) is 24.3 Å². The van der Waals surface area contributed by atoms with Crippen molar-refractivity contribution in [2.45, 2.75) is 43.8 Å². The van der Waals surface area contributed by atoms with Gasteiger partial charge in [0.1, 0.15) is 0 Å². The molecule has 3 aliphatic rings. The maximum Gasteiger partial charge on any atom is 0.435 e. The summed E-state index contributed by atoms with van der Waals surface area (Å²) in [6, 6.07) is 7.71. The fourth-order valence-electron chi connectivity index (χ4n) is 4.32. The van der Waals surface area contributed by atoms with Gasteiger partial charge in [0.05, 0.1) is 18.9 Å². The molecule has 0 N–H and O–H groups in total. The predicted molar refractivity (Wildman–Crippen MR) is 94.1 cm³/mol. The van der Waals surface area contributed by atoms with Crippen molar-refractivity contribution in [1.29, 1.82) is 0 Å². The highest BCUT2D eigenvalue weighted by atomic mass is 19.4. The van der Waals surface area contributed by atoms with E-state index in [1.807, 2.05) is 12.1 Å². The minimum Gasteiger partial charge on any atom is -0.379 e. The summed E-state index contributed by atoms with van der Waals surface area (Å²) in [5.74, 6) is 0.197. The molecule has 0 unspecified atom stereocenters. The fraction of sp³-hybridized carbons (Fsp3) is 0.550. The molecule has 2 aromatic rings. The smallest absolute Gasteiger partial charge is 0.379 e. The zero-order valence-electron chi connectivity index (χ0n) is 15.0. The van der Waals surface area contributed by atoms with Gasteiger partial charge in [0, 0.05) is 30.7 Å². The number of alkyl halides is 3. The second kappa shape index (κ2) is 6.34. The number of hydrogen-bond acceptors (Lipinski definition) is 3. The third kappa shape index (κ3) is 3.27. The molecular weight excluding hydrogens is 355 g/mol. The van der Waals surface area contributed by atoms with E-state index in [1.165, 1.54) is 21.9 Å². The molecular formula is C20H22F3N3O. The first-order valence-electron chi connectivity index (χ1n) is 9.60. The molecule has 27 heavy (non-hydrogen) atoms. The molecule has 2 heterocycles. The number of rotatable bonds is 3. The molecule has 0 spiro atoms. The summed E-state index contributed by atoms with van der Waals surface area (Å²) in [5.41, 5.74) is 3.16. The Balaban J connectivity index is 1.44. The highest BCUT2D eigenvalue weighted by Gasteiger charge is 2.38. The van der Waals surface area contributed by atoms with Gasteiger partial charge in [-0.3, -0.25) is 4.90 Å². The van der Waals surface area contributed by atoms with Crippen LogP contribution in [0.1, 0.15) is 41.3 Å². The summed E-state index contributed by atoms with van der Waals surface area (Å²) in [4.78, 5) is 2.47. The summed E-state index contributed by atoms with van der Waals surface area (Å²) in [5, 5.41) is 3.91. The molecule has 1 saturated carbocycles. The Labute approximate surface area is 155 Å². The summed E-state index contributed by atoms with van der Waals surface area (Å²) in [6.45, 7) is 3.45. The highest BCUT2D eigenvalue weighted by Crippen LogP contribution is 2.43. The van der Waals surface area contributed by atoms with Gasteiger partial charge in [0.15, 0.2) is 5.69 Å². The van der Waals surface area contributed by atoms with E-state index >= 15 is 0 Å². The van der Waals surface area contributed by atoms with E-state index < -0.39 is 11.9 Å². The minimum absolute atomic E-state index is 0.197. The number of halogens is 3. The molecule has 5 rings (SSSR count). The van der Waals surface area contributed by atoms with E-state index in [2.05, 4.69) is 16.1 Å². The topological polar surface area (TPSA) is 30.3 Å². The molecule has 7 heteroatoms. The molecule has 2 fully saturated rings. The number of aromatic nitrogens is 2. The largest absolute Gasteiger partial charge is 0.435 e. The third-order valence-corrected chi connectivity index (χ3v) is 5.93. The van der Waals surface area contributed by atoms with Crippen LogP contribution in [-0.2, 0) is 23.8 Å². The summed E-state index contributed by atoms with van der Waals surface area (Å²) < 4.78 is 46.5. The van der Waals surface area contributed by atoms with Crippen LogP contribution in [0.25, 0.3) is 5.69 Å².